The predicted octanol–water partition coefficient (Wildman–Crippen LogP) is 5.07. The zero-order valence-corrected chi connectivity index (χ0v) is 10.6. The number of rotatable bonds is 2. The topological polar surface area (TPSA) is 0 Å². The van der Waals surface area contributed by atoms with Crippen LogP contribution < -0.4 is 0 Å². The summed E-state index contributed by atoms with van der Waals surface area (Å²) in [5.74, 6) is 0. The van der Waals surface area contributed by atoms with E-state index in [2.05, 4.69) is 73.7 Å². The third kappa shape index (κ3) is 1.91. The van der Waals surface area contributed by atoms with Crippen LogP contribution in [0.25, 0.3) is 21.9 Å². The fraction of sp³-hybridized carbons (Fsp3) is 0.111. The standard InChI is InChI=1S/C18H16/c1-2-14-9-6-10-16-11-12-17(13-18(14)16)15-7-4-3-5-8-15/h3-13H,2H2,1H3. The first-order valence-electron chi connectivity index (χ1n) is 6.45. The van der Waals surface area contributed by atoms with E-state index >= 15 is 0 Å². The molecule has 0 atom stereocenters. The van der Waals surface area contributed by atoms with E-state index in [0.29, 0.717) is 0 Å². The van der Waals surface area contributed by atoms with Crippen molar-refractivity contribution in [1.82, 2.24) is 0 Å². The highest BCUT2D eigenvalue weighted by Crippen LogP contribution is 2.26. The first-order chi connectivity index (χ1) is 8.88. The maximum absolute atomic E-state index is 2.31. The Kier molecular flexibility index (Phi) is 2.85. The van der Waals surface area contributed by atoms with Crippen molar-refractivity contribution in [3.05, 3.63) is 72.3 Å². The van der Waals surface area contributed by atoms with E-state index in [-0.39, 0.29) is 0 Å². The SMILES string of the molecule is CCc1cccc2ccc(-c3ccccc3)cc12. The molecule has 3 aromatic carbocycles. The molecule has 0 bridgehead atoms. The lowest BCUT2D eigenvalue weighted by Crippen LogP contribution is -1.85. The highest BCUT2D eigenvalue weighted by atomic mass is 14.1. The van der Waals surface area contributed by atoms with Gasteiger partial charge in [0.05, 0.1) is 0 Å². The van der Waals surface area contributed by atoms with Gasteiger partial charge < -0.3 is 0 Å². The molecular weight excluding hydrogens is 216 g/mol. The Labute approximate surface area is 108 Å². The summed E-state index contributed by atoms with van der Waals surface area (Å²) in [5.41, 5.74) is 4.00. The quantitative estimate of drug-likeness (QED) is 0.578. The highest BCUT2D eigenvalue weighted by molar-refractivity contribution is 5.90. The van der Waals surface area contributed by atoms with E-state index in [1.165, 1.54) is 27.5 Å². The van der Waals surface area contributed by atoms with Gasteiger partial charge in [-0.05, 0) is 39.9 Å². The van der Waals surface area contributed by atoms with E-state index < -0.39 is 0 Å². The molecule has 0 nitrogen and oxygen atoms in total. The molecule has 0 aliphatic rings. The molecule has 0 saturated carbocycles. The summed E-state index contributed by atoms with van der Waals surface area (Å²) >= 11 is 0. The second-order valence-electron chi connectivity index (χ2n) is 4.57. The van der Waals surface area contributed by atoms with E-state index in [9.17, 15) is 0 Å². The minimum absolute atomic E-state index is 1.08. The van der Waals surface area contributed by atoms with Crippen LogP contribution in [0, 0.1) is 0 Å². The van der Waals surface area contributed by atoms with Crippen LogP contribution in [0.15, 0.2) is 66.7 Å². The summed E-state index contributed by atoms with van der Waals surface area (Å²) in [6, 6.07) is 23.8. The summed E-state index contributed by atoms with van der Waals surface area (Å²) in [6.07, 6.45) is 1.08. The van der Waals surface area contributed by atoms with Gasteiger partial charge in [0.25, 0.3) is 0 Å². The van der Waals surface area contributed by atoms with Gasteiger partial charge in [-0.3, -0.25) is 0 Å². The van der Waals surface area contributed by atoms with Gasteiger partial charge in [-0.2, -0.15) is 0 Å². The zero-order valence-electron chi connectivity index (χ0n) is 10.6. The van der Waals surface area contributed by atoms with Gasteiger partial charge in [0.15, 0.2) is 0 Å². The molecule has 0 aliphatic heterocycles. The van der Waals surface area contributed by atoms with Crippen LogP contribution in [-0.2, 0) is 6.42 Å². The van der Waals surface area contributed by atoms with Gasteiger partial charge in [-0.1, -0.05) is 67.6 Å². The second kappa shape index (κ2) is 4.66. The summed E-state index contributed by atoms with van der Waals surface area (Å²) < 4.78 is 0. The Morgan fingerprint density at radius 2 is 1.56 bits per heavy atom. The van der Waals surface area contributed by atoms with Crippen LogP contribution in [0.3, 0.4) is 0 Å². The molecule has 0 heteroatoms. The van der Waals surface area contributed by atoms with Crippen molar-refractivity contribution in [1.29, 1.82) is 0 Å². The van der Waals surface area contributed by atoms with Gasteiger partial charge in [-0.15, -0.1) is 0 Å². The van der Waals surface area contributed by atoms with Gasteiger partial charge in [0.2, 0.25) is 0 Å². The van der Waals surface area contributed by atoms with Crippen molar-refractivity contribution in [3.63, 3.8) is 0 Å². The summed E-state index contributed by atoms with van der Waals surface area (Å²) in [4.78, 5) is 0. The van der Waals surface area contributed by atoms with Gasteiger partial charge >= 0.3 is 0 Å². The van der Waals surface area contributed by atoms with E-state index in [4.69, 9.17) is 0 Å². The van der Waals surface area contributed by atoms with Crippen molar-refractivity contribution in [2.24, 2.45) is 0 Å². The molecule has 0 fully saturated rings. The average Bonchev–Trinajstić information content (AvgIpc) is 2.47. The molecule has 18 heavy (non-hydrogen) atoms. The minimum atomic E-state index is 1.08. The largest absolute Gasteiger partial charge is 0.0622 e. The molecule has 0 aliphatic carbocycles. The summed E-state index contributed by atoms with van der Waals surface area (Å²) in [7, 11) is 0. The Bertz CT molecular complexity index is 666. The average molecular weight is 232 g/mol. The van der Waals surface area contributed by atoms with E-state index in [1.54, 1.807) is 0 Å². The molecule has 0 amide bonds. The van der Waals surface area contributed by atoms with Gasteiger partial charge in [-0.25, -0.2) is 0 Å². The first kappa shape index (κ1) is 11.0. The van der Waals surface area contributed by atoms with Crippen molar-refractivity contribution >= 4 is 10.8 Å². The molecule has 0 unspecified atom stereocenters. The van der Waals surface area contributed by atoms with Crippen LogP contribution in [0.5, 0.6) is 0 Å². The number of hydrogen-bond donors (Lipinski definition) is 0. The highest BCUT2D eigenvalue weighted by Gasteiger charge is 2.02. The number of aryl methyl sites for hydroxylation is 1. The maximum atomic E-state index is 2.31. The second-order valence-corrected chi connectivity index (χ2v) is 4.57. The Morgan fingerprint density at radius 1 is 0.722 bits per heavy atom. The molecule has 0 spiro atoms. The molecule has 0 saturated heterocycles. The van der Waals surface area contributed by atoms with Gasteiger partial charge in [0.1, 0.15) is 0 Å². The Balaban J connectivity index is 2.22. The van der Waals surface area contributed by atoms with Crippen molar-refractivity contribution in [3.8, 4) is 11.1 Å². The first-order valence-corrected chi connectivity index (χ1v) is 6.45. The molecule has 0 aromatic heterocycles. The van der Waals surface area contributed by atoms with Crippen molar-refractivity contribution < 1.29 is 0 Å². The fourth-order valence-corrected chi connectivity index (χ4v) is 2.46. The van der Waals surface area contributed by atoms with E-state index in [1.807, 2.05) is 0 Å². The van der Waals surface area contributed by atoms with E-state index in [0.717, 1.165) is 6.42 Å². The predicted molar refractivity (Wildman–Crippen MR) is 78.8 cm³/mol. The monoisotopic (exact) mass is 232 g/mol. The molecular formula is C18H16. The lowest BCUT2D eigenvalue weighted by atomic mass is 9.97. The summed E-state index contributed by atoms with van der Waals surface area (Å²) in [5, 5.41) is 2.70. The van der Waals surface area contributed by atoms with Crippen LogP contribution in [0.2, 0.25) is 0 Å². The normalized spacial score (nSPS) is 10.7. The number of hydrogen-bond acceptors (Lipinski definition) is 0. The number of benzene rings is 3. The van der Waals surface area contributed by atoms with Crippen LogP contribution in [-0.4, -0.2) is 0 Å². The van der Waals surface area contributed by atoms with Crippen LogP contribution >= 0.6 is 0 Å². The molecule has 0 radical (unpaired) electrons. The van der Waals surface area contributed by atoms with Gasteiger partial charge in [0, 0.05) is 0 Å². The lowest BCUT2D eigenvalue weighted by Gasteiger charge is -2.07. The minimum Gasteiger partial charge on any atom is -0.0622 e. The maximum Gasteiger partial charge on any atom is -0.0146 e. The Hall–Kier alpha value is -2.08. The summed E-state index contributed by atoms with van der Waals surface area (Å²) in [6.45, 7) is 2.21. The molecule has 88 valence electrons. The third-order valence-electron chi connectivity index (χ3n) is 3.46. The smallest absolute Gasteiger partial charge is 0.0146 e. The van der Waals surface area contributed by atoms with Crippen molar-refractivity contribution in [2.75, 3.05) is 0 Å². The third-order valence-corrected chi connectivity index (χ3v) is 3.46. The van der Waals surface area contributed by atoms with Crippen LogP contribution in [0.1, 0.15) is 12.5 Å². The van der Waals surface area contributed by atoms with Crippen LogP contribution in [0.4, 0.5) is 0 Å². The molecule has 0 heterocycles. The molecule has 0 N–H and O–H groups in total. The molecule has 3 aromatic rings. The fourth-order valence-electron chi connectivity index (χ4n) is 2.46. The number of fused-ring (bicyclic) bond motifs is 1. The molecule has 3 rings (SSSR count). The van der Waals surface area contributed by atoms with Crippen molar-refractivity contribution in [2.45, 2.75) is 13.3 Å². The Morgan fingerprint density at radius 3 is 2.33 bits per heavy atom. The lowest BCUT2D eigenvalue weighted by molar-refractivity contribution is 1.16. The zero-order chi connectivity index (χ0) is 12.4.